The molecule has 0 amide bonds. The average molecular weight is 285 g/mol. The number of halogens is 1. The molecule has 1 unspecified atom stereocenters. The minimum Gasteiger partial charge on any atom is -0.494 e. The molecule has 2 rings (SSSR count). The summed E-state index contributed by atoms with van der Waals surface area (Å²) < 4.78 is 5.54. The fraction of sp³-hybridized carbons (Fsp3) is 0.600. The van der Waals surface area contributed by atoms with Gasteiger partial charge in [0.2, 0.25) is 0 Å². The summed E-state index contributed by atoms with van der Waals surface area (Å²) in [4.78, 5) is 2.53. The van der Waals surface area contributed by atoms with Crippen molar-refractivity contribution in [1.29, 1.82) is 0 Å². The van der Waals surface area contributed by atoms with Gasteiger partial charge in [0, 0.05) is 13.1 Å². The molecule has 1 aromatic rings. The molecule has 0 aliphatic carbocycles. The normalized spacial score (nSPS) is 19.2. The van der Waals surface area contributed by atoms with Gasteiger partial charge in [-0.3, -0.25) is 4.90 Å². The smallest absolute Gasteiger partial charge is 0.119 e. The van der Waals surface area contributed by atoms with Gasteiger partial charge in [0.05, 0.1) is 6.61 Å². The summed E-state index contributed by atoms with van der Waals surface area (Å²) in [5, 5.41) is 3.27. The van der Waals surface area contributed by atoms with Gasteiger partial charge in [-0.2, -0.15) is 0 Å². The van der Waals surface area contributed by atoms with Gasteiger partial charge in [0.25, 0.3) is 0 Å². The van der Waals surface area contributed by atoms with Crippen LogP contribution in [0.4, 0.5) is 0 Å². The minimum atomic E-state index is 0. The number of nitrogens with one attached hydrogen (secondary N) is 1. The second-order valence-corrected chi connectivity index (χ2v) is 5.03. The average Bonchev–Trinajstić information content (AvgIpc) is 2.78. The summed E-state index contributed by atoms with van der Waals surface area (Å²) >= 11 is 0. The lowest BCUT2D eigenvalue weighted by Crippen LogP contribution is -2.24. The third-order valence-corrected chi connectivity index (χ3v) is 3.48. The first-order valence-electron chi connectivity index (χ1n) is 6.90. The van der Waals surface area contributed by atoms with Crippen molar-refractivity contribution < 1.29 is 4.74 Å². The molecule has 19 heavy (non-hydrogen) atoms. The Bertz CT molecular complexity index is 373. The lowest BCUT2D eigenvalue weighted by Gasteiger charge is -2.16. The van der Waals surface area contributed by atoms with Gasteiger partial charge in [-0.1, -0.05) is 12.1 Å². The van der Waals surface area contributed by atoms with Crippen molar-refractivity contribution in [1.82, 2.24) is 10.2 Å². The molecular weight excluding hydrogens is 260 g/mol. The molecule has 1 heterocycles. The van der Waals surface area contributed by atoms with Gasteiger partial charge in [-0.15, -0.1) is 12.4 Å². The molecule has 1 fully saturated rings. The molecule has 1 aliphatic rings. The Balaban J connectivity index is 0.00000180. The summed E-state index contributed by atoms with van der Waals surface area (Å²) in [6.07, 6.45) is 1.31. The van der Waals surface area contributed by atoms with Crippen LogP contribution in [0.5, 0.6) is 5.75 Å². The van der Waals surface area contributed by atoms with E-state index in [-0.39, 0.29) is 12.4 Å². The SMILES string of the molecule is CCOc1cccc(CN2CCC(CNC)C2)c1.Cl. The maximum atomic E-state index is 5.54. The van der Waals surface area contributed by atoms with Gasteiger partial charge in [0.15, 0.2) is 0 Å². The number of hydrogen-bond donors (Lipinski definition) is 1. The maximum Gasteiger partial charge on any atom is 0.119 e. The fourth-order valence-corrected chi connectivity index (χ4v) is 2.67. The van der Waals surface area contributed by atoms with Crippen LogP contribution in [0.1, 0.15) is 18.9 Å². The predicted molar refractivity (Wildman–Crippen MR) is 82.2 cm³/mol. The molecule has 1 atom stereocenters. The Hall–Kier alpha value is -0.770. The van der Waals surface area contributed by atoms with Crippen molar-refractivity contribution in [3.63, 3.8) is 0 Å². The van der Waals surface area contributed by atoms with E-state index in [1.165, 1.54) is 25.1 Å². The first-order valence-corrected chi connectivity index (χ1v) is 6.90. The van der Waals surface area contributed by atoms with Crippen molar-refractivity contribution in [3.05, 3.63) is 29.8 Å². The molecule has 4 heteroatoms. The zero-order valence-electron chi connectivity index (χ0n) is 11.9. The van der Waals surface area contributed by atoms with Gasteiger partial charge in [0.1, 0.15) is 5.75 Å². The van der Waals surface area contributed by atoms with Crippen LogP contribution in [-0.4, -0.2) is 38.2 Å². The molecule has 0 radical (unpaired) electrons. The van der Waals surface area contributed by atoms with Gasteiger partial charge >= 0.3 is 0 Å². The molecule has 1 aliphatic heterocycles. The highest BCUT2D eigenvalue weighted by atomic mass is 35.5. The minimum absolute atomic E-state index is 0. The third kappa shape index (κ3) is 5.01. The summed E-state index contributed by atoms with van der Waals surface area (Å²) in [6.45, 7) is 7.36. The molecule has 108 valence electrons. The van der Waals surface area contributed by atoms with Crippen molar-refractivity contribution in [2.75, 3.05) is 33.3 Å². The zero-order chi connectivity index (χ0) is 12.8. The largest absolute Gasteiger partial charge is 0.494 e. The highest BCUT2D eigenvalue weighted by molar-refractivity contribution is 5.85. The van der Waals surface area contributed by atoms with Crippen LogP contribution in [-0.2, 0) is 6.54 Å². The van der Waals surface area contributed by atoms with Crippen molar-refractivity contribution in [3.8, 4) is 5.75 Å². The van der Waals surface area contributed by atoms with Gasteiger partial charge < -0.3 is 10.1 Å². The van der Waals surface area contributed by atoms with Crippen LogP contribution in [0.3, 0.4) is 0 Å². The van der Waals surface area contributed by atoms with Crippen LogP contribution in [0.2, 0.25) is 0 Å². The monoisotopic (exact) mass is 284 g/mol. The second-order valence-electron chi connectivity index (χ2n) is 5.03. The van der Waals surface area contributed by atoms with Crippen LogP contribution >= 0.6 is 12.4 Å². The highest BCUT2D eigenvalue weighted by Gasteiger charge is 2.21. The Morgan fingerprint density at radius 3 is 3.00 bits per heavy atom. The number of likely N-dealkylation sites (tertiary alicyclic amines) is 1. The Kier molecular flexibility index (Phi) is 7.21. The molecule has 0 saturated carbocycles. The topological polar surface area (TPSA) is 24.5 Å². The lowest BCUT2D eigenvalue weighted by atomic mass is 10.1. The Morgan fingerprint density at radius 1 is 1.42 bits per heavy atom. The highest BCUT2D eigenvalue weighted by Crippen LogP contribution is 2.20. The third-order valence-electron chi connectivity index (χ3n) is 3.48. The van der Waals surface area contributed by atoms with E-state index in [1.54, 1.807) is 0 Å². The molecular formula is C15H25ClN2O. The molecule has 0 bridgehead atoms. The maximum absolute atomic E-state index is 5.54. The standard InChI is InChI=1S/C15H24N2O.ClH/c1-3-18-15-6-4-5-13(9-15)11-17-8-7-14(12-17)10-16-2;/h4-6,9,14,16H,3,7-8,10-12H2,1-2H3;1H. The van der Waals surface area contributed by atoms with Crippen LogP contribution < -0.4 is 10.1 Å². The Labute approximate surface area is 122 Å². The van der Waals surface area contributed by atoms with Crippen LogP contribution in [0.25, 0.3) is 0 Å². The van der Waals surface area contributed by atoms with Crippen LogP contribution in [0.15, 0.2) is 24.3 Å². The van der Waals surface area contributed by atoms with E-state index in [2.05, 4.69) is 28.4 Å². The van der Waals surface area contributed by atoms with E-state index in [0.29, 0.717) is 0 Å². The summed E-state index contributed by atoms with van der Waals surface area (Å²) in [5.74, 6) is 1.80. The molecule has 0 spiro atoms. The van der Waals surface area contributed by atoms with E-state index in [9.17, 15) is 0 Å². The molecule has 0 aromatic heterocycles. The first kappa shape index (κ1) is 16.3. The van der Waals surface area contributed by atoms with E-state index in [4.69, 9.17) is 4.74 Å². The molecule has 1 saturated heterocycles. The second kappa shape index (κ2) is 8.41. The summed E-state index contributed by atoms with van der Waals surface area (Å²) in [6, 6.07) is 8.46. The van der Waals surface area contributed by atoms with Gasteiger partial charge in [-0.05, 0) is 57.1 Å². The van der Waals surface area contributed by atoms with Crippen molar-refractivity contribution in [2.24, 2.45) is 5.92 Å². The van der Waals surface area contributed by atoms with E-state index in [0.717, 1.165) is 31.4 Å². The van der Waals surface area contributed by atoms with E-state index >= 15 is 0 Å². The van der Waals surface area contributed by atoms with E-state index < -0.39 is 0 Å². The lowest BCUT2D eigenvalue weighted by molar-refractivity contribution is 0.312. The number of nitrogens with zero attached hydrogens (tertiary/aromatic N) is 1. The quantitative estimate of drug-likeness (QED) is 0.869. The van der Waals surface area contributed by atoms with Crippen molar-refractivity contribution in [2.45, 2.75) is 19.9 Å². The molecule has 1 N–H and O–H groups in total. The number of rotatable bonds is 6. The number of benzene rings is 1. The summed E-state index contributed by atoms with van der Waals surface area (Å²) in [7, 11) is 2.04. The van der Waals surface area contributed by atoms with E-state index in [1.807, 2.05) is 20.0 Å². The number of hydrogen-bond acceptors (Lipinski definition) is 3. The first-order chi connectivity index (χ1) is 8.81. The molecule has 3 nitrogen and oxygen atoms in total. The summed E-state index contributed by atoms with van der Waals surface area (Å²) in [5.41, 5.74) is 1.35. The van der Waals surface area contributed by atoms with Crippen molar-refractivity contribution >= 4 is 12.4 Å². The predicted octanol–water partition coefficient (Wildman–Crippen LogP) is 2.55. The zero-order valence-corrected chi connectivity index (χ0v) is 12.7. The number of ether oxygens (including phenoxy) is 1. The van der Waals surface area contributed by atoms with Crippen LogP contribution in [0, 0.1) is 5.92 Å². The molecule has 1 aromatic carbocycles. The Morgan fingerprint density at radius 2 is 2.26 bits per heavy atom. The van der Waals surface area contributed by atoms with Gasteiger partial charge in [-0.25, -0.2) is 0 Å². The fourth-order valence-electron chi connectivity index (χ4n) is 2.67.